The van der Waals surface area contributed by atoms with Crippen LogP contribution in [-0.2, 0) is 11.0 Å². The zero-order valence-electron chi connectivity index (χ0n) is 12.3. The van der Waals surface area contributed by atoms with E-state index in [0.29, 0.717) is 0 Å². The molecule has 5 nitrogen and oxygen atoms in total. The summed E-state index contributed by atoms with van der Waals surface area (Å²) in [6, 6.07) is 8.82. The molecule has 124 valence electrons. The van der Waals surface area contributed by atoms with E-state index in [4.69, 9.17) is 0 Å². The number of amides is 1. The number of halogens is 3. The van der Waals surface area contributed by atoms with Crippen molar-refractivity contribution >= 4 is 22.4 Å². The van der Waals surface area contributed by atoms with Gasteiger partial charge >= 0.3 is 6.18 Å². The average Bonchev–Trinajstić information content (AvgIpc) is 2.96. The van der Waals surface area contributed by atoms with Crippen LogP contribution in [0.25, 0.3) is 0 Å². The molecule has 0 fully saturated rings. The molecule has 0 spiro atoms. The van der Waals surface area contributed by atoms with Gasteiger partial charge in [-0.25, -0.2) is 0 Å². The third-order valence-corrected chi connectivity index (χ3v) is 4.37. The molecule has 23 heavy (non-hydrogen) atoms. The summed E-state index contributed by atoms with van der Waals surface area (Å²) in [6.45, 7) is 2.95. The van der Waals surface area contributed by atoms with Crippen LogP contribution in [0.1, 0.15) is 30.3 Å². The van der Waals surface area contributed by atoms with Crippen molar-refractivity contribution in [3.63, 3.8) is 0 Å². The highest BCUT2D eigenvalue weighted by molar-refractivity contribution is 7.15. The van der Waals surface area contributed by atoms with Gasteiger partial charge in [0.1, 0.15) is 5.60 Å². The SMILES string of the molecule is C[C@H](c1ccccc1)[C@](C)(O)C(=O)Nc1nnc(C(F)(F)F)s1. The number of anilines is 1. The Bertz CT molecular complexity index is 686. The minimum atomic E-state index is -4.62. The Hall–Kier alpha value is -2.00. The Kier molecular flexibility index (Phi) is 4.71. The van der Waals surface area contributed by atoms with Crippen molar-refractivity contribution in [2.24, 2.45) is 0 Å². The predicted molar refractivity (Wildman–Crippen MR) is 79.0 cm³/mol. The highest BCUT2D eigenvalue weighted by atomic mass is 32.1. The number of rotatable bonds is 4. The molecule has 0 aliphatic heterocycles. The number of aromatic nitrogens is 2. The molecule has 2 atom stereocenters. The predicted octanol–water partition coefficient (Wildman–Crippen LogP) is 3.05. The van der Waals surface area contributed by atoms with Gasteiger partial charge in [0.2, 0.25) is 10.1 Å². The summed E-state index contributed by atoms with van der Waals surface area (Å²) < 4.78 is 37.4. The molecule has 1 aromatic carbocycles. The Morgan fingerprint density at radius 1 is 1.26 bits per heavy atom. The van der Waals surface area contributed by atoms with E-state index in [2.05, 4.69) is 15.5 Å². The average molecular weight is 345 g/mol. The summed E-state index contributed by atoms with van der Waals surface area (Å²) in [5, 5.41) is 17.4. The van der Waals surface area contributed by atoms with Gasteiger partial charge < -0.3 is 5.11 Å². The van der Waals surface area contributed by atoms with Crippen molar-refractivity contribution in [1.29, 1.82) is 0 Å². The standard InChI is InChI=1S/C14H14F3N3O2S/c1-8(9-6-4-3-5-7-9)13(2,22)10(21)18-12-20-19-11(23-12)14(15,16)17/h3-8,22H,1-2H3,(H,18,20,21)/t8-,13+/m1/s1. The molecule has 0 saturated carbocycles. The van der Waals surface area contributed by atoms with E-state index >= 15 is 0 Å². The summed E-state index contributed by atoms with van der Waals surface area (Å²) in [4.78, 5) is 12.2. The zero-order chi connectivity index (χ0) is 17.3. The Labute approximate surface area is 134 Å². The molecule has 0 saturated heterocycles. The van der Waals surface area contributed by atoms with Crippen molar-refractivity contribution in [2.75, 3.05) is 5.32 Å². The summed E-state index contributed by atoms with van der Waals surface area (Å²) in [6.07, 6.45) is -4.62. The zero-order valence-corrected chi connectivity index (χ0v) is 13.1. The molecule has 2 rings (SSSR count). The lowest BCUT2D eigenvalue weighted by Gasteiger charge is -2.28. The van der Waals surface area contributed by atoms with Crippen LogP contribution in [-0.4, -0.2) is 26.8 Å². The summed E-state index contributed by atoms with van der Waals surface area (Å²) in [7, 11) is 0. The van der Waals surface area contributed by atoms with Crippen molar-refractivity contribution in [3.8, 4) is 0 Å². The molecule has 1 amide bonds. The van der Waals surface area contributed by atoms with Crippen LogP contribution in [0, 0.1) is 0 Å². The molecule has 0 bridgehead atoms. The van der Waals surface area contributed by atoms with Gasteiger partial charge in [-0.1, -0.05) is 48.6 Å². The lowest BCUT2D eigenvalue weighted by atomic mass is 9.84. The van der Waals surface area contributed by atoms with Crippen LogP contribution in [0.4, 0.5) is 18.3 Å². The monoisotopic (exact) mass is 345 g/mol. The molecule has 0 radical (unpaired) electrons. The molecular weight excluding hydrogens is 331 g/mol. The number of aliphatic hydroxyl groups is 1. The molecule has 2 N–H and O–H groups in total. The molecule has 1 aromatic heterocycles. The second-order valence-electron chi connectivity index (χ2n) is 5.14. The van der Waals surface area contributed by atoms with Crippen LogP contribution >= 0.6 is 11.3 Å². The lowest BCUT2D eigenvalue weighted by Crippen LogP contribution is -2.44. The van der Waals surface area contributed by atoms with E-state index in [0.717, 1.165) is 5.56 Å². The molecule has 0 aliphatic rings. The highest BCUT2D eigenvalue weighted by Crippen LogP contribution is 2.34. The summed E-state index contributed by atoms with van der Waals surface area (Å²) >= 11 is 0.202. The van der Waals surface area contributed by atoms with E-state index in [-0.39, 0.29) is 16.5 Å². The molecular formula is C14H14F3N3O2S. The molecule has 0 unspecified atom stereocenters. The smallest absolute Gasteiger partial charge is 0.380 e. The Balaban J connectivity index is 2.14. The third kappa shape index (κ3) is 3.85. The first-order valence-electron chi connectivity index (χ1n) is 6.62. The Morgan fingerprint density at radius 2 is 1.87 bits per heavy atom. The number of hydrogen-bond acceptors (Lipinski definition) is 5. The fraction of sp³-hybridized carbons (Fsp3) is 0.357. The molecule has 0 aliphatic carbocycles. The number of benzene rings is 1. The van der Waals surface area contributed by atoms with Gasteiger partial charge in [0.15, 0.2) is 0 Å². The number of nitrogens with one attached hydrogen (secondary N) is 1. The van der Waals surface area contributed by atoms with Gasteiger partial charge in [-0.05, 0) is 12.5 Å². The second-order valence-corrected chi connectivity index (χ2v) is 6.12. The van der Waals surface area contributed by atoms with Crippen molar-refractivity contribution in [1.82, 2.24) is 10.2 Å². The van der Waals surface area contributed by atoms with E-state index in [9.17, 15) is 23.1 Å². The maximum atomic E-state index is 12.5. The van der Waals surface area contributed by atoms with Gasteiger partial charge in [-0.3, -0.25) is 10.1 Å². The number of hydrogen-bond donors (Lipinski definition) is 2. The maximum Gasteiger partial charge on any atom is 0.445 e. The van der Waals surface area contributed by atoms with Crippen LogP contribution in [0.15, 0.2) is 30.3 Å². The lowest BCUT2D eigenvalue weighted by molar-refractivity contribution is -0.138. The third-order valence-electron chi connectivity index (χ3n) is 3.49. The first-order chi connectivity index (χ1) is 10.6. The minimum Gasteiger partial charge on any atom is -0.380 e. The van der Waals surface area contributed by atoms with Crippen LogP contribution in [0.5, 0.6) is 0 Å². The topological polar surface area (TPSA) is 75.1 Å². The van der Waals surface area contributed by atoms with Crippen LogP contribution < -0.4 is 5.32 Å². The summed E-state index contributed by atoms with van der Waals surface area (Å²) in [5.41, 5.74) is -1.10. The van der Waals surface area contributed by atoms with Crippen molar-refractivity contribution < 1.29 is 23.1 Å². The number of nitrogens with zero attached hydrogens (tertiary/aromatic N) is 2. The minimum absolute atomic E-state index is 0.202. The first-order valence-corrected chi connectivity index (χ1v) is 7.43. The van der Waals surface area contributed by atoms with Crippen LogP contribution in [0.3, 0.4) is 0 Å². The quantitative estimate of drug-likeness (QED) is 0.893. The van der Waals surface area contributed by atoms with Gasteiger partial charge in [0, 0.05) is 5.92 Å². The number of carbonyl (C=O) groups is 1. The highest BCUT2D eigenvalue weighted by Gasteiger charge is 2.39. The van der Waals surface area contributed by atoms with Gasteiger partial charge in [-0.15, -0.1) is 10.2 Å². The van der Waals surface area contributed by atoms with E-state index in [1.165, 1.54) is 6.92 Å². The normalized spacial score (nSPS) is 15.7. The van der Waals surface area contributed by atoms with Gasteiger partial charge in [0.05, 0.1) is 0 Å². The van der Waals surface area contributed by atoms with E-state index in [1.54, 1.807) is 37.3 Å². The Morgan fingerprint density at radius 3 is 2.39 bits per heavy atom. The van der Waals surface area contributed by atoms with Crippen LogP contribution in [0.2, 0.25) is 0 Å². The number of alkyl halides is 3. The second kappa shape index (κ2) is 6.25. The van der Waals surface area contributed by atoms with E-state index < -0.39 is 28.6 Å². The largest absolute Gasteiger partial charge is 0.445 e. The molecule has 9 heteroatoms. The fourth-order valence-electron chi connectivity index (χ4n) is 1.87. The maximum absolute atomic E-state index is 12.5. The van der Waals surface area contributed by atoms with E-state index in [1.807, 2.05) is 0 Å². The molecule has 2 aromatic rings. The van der Waals surface area contributed by atoms with Gasteiger partial charge in [-0.2, -0.15) is 13.2 Å². The number of carbonyl (C=O) groups excluding carboxylic acids is 1. The van der Waals surface area contributed by atoms with Gasteiger partial charge in [0.25, 0.3) is 5.91 Å². The van der Waals surface area contributed by atoms with Crippen molar-refractivity contribution in [2.45, 2.75) is 31.5 Å². The summed E-state index contributed by atoms with van der Waals surface area (Å²) in [5.74, 6) is -1.42. The van der Waals surface area contributed by atoms with Crippen molar-refractivity contribution in [3.05, 3.63) is 40.9 Å². The molecule has 1 heterocycles. The fourth-order valence-corrected chi connectivity index (χ4v) is 2.48. The first kappa shape index (κ1) is 17.4.